The molecule has 0 N–H and O–H groups in total. The second kappa shape index (κ2) is 2.69. The maximum atomic E-state index is 13.1. The molecule has 13 heavy (non-hydrogen) atoms. The lowest BCUT2D eigenvalue weighted by molar-refractivity contribution is 0.588. The second-order valence-corrected chi connectivity index (χ2v) is 2.66. The third-order valence-electron chi connectivity index (χ3n) is 1.76. The normalized spacial score (nSPS) is 10.7. The third-order valence-corrected chi connectivity index (χ3v) is 1.76. The molecule has 0 atom stereocenters. The van der Waals surface area contributed by atoms with Gasteiger partial charge in [-0.25, -0.2) is 8.78 Å². The molecular weight excluding hydrogens is 176 g/mol. The first-order chi connectivity index (χ1) is 6.18. The summed E-state index contributed by atoms with van der Waals surface area (Å²) >= 11 is 0. The van der Waals surface area contributed by atoms with Crippen molar-refractivity contribution in [2.75, 3.05) is 0 Å². The molecule has 5 heteroatoms. The van der Waals surface area contributed by atoms with Crippen LogP contribution in [-0.4, -0.2) is 15.4 Å². The number of rotatable bonds is 0. The van der Waals surface area contributed by atoms with Crippen LogP contribution >= 0.6 is 0 Å². The molecule has 0 radical (unpaired) electrons. The van der Waals surface area contributed by atoms with E-state index >= 15 is 0 Å². The number of benzene rings is 1. The lowest BCUT2D eigenvalue weighted by atomic mass is 10.2. The number of nitrogens with zero attached hydrogens (tertiary/aromatic N) is 3. The van der Waals surface area contributed by atoms with Crippen molar-refractivity contribution < 1.29 is 8.78 Å². The minimum absolute atomic E-state index is 0.0499. The third kappa shape index (κ3) is 1.22. The summed E-state index contributed by atoms with van der Waals surface area (Å²) < 4.78 is 25.8. The monoisotopic (exact) mass is 181 g/mol. The highest BCUT2D eigenvalue weighted by atomic mass is 19.1. The SMILES string of the molecule is Cc1nnnc2c(F)cc(F)cc12. The van der Waals surface area contributed by atoms with E-state index in [0.717, 1.165) is 6.07 Å². The van der Waals surface area contributed by atoms with Crippen LogP contribution in [-0.2, 0) is 0 Å². The van der Waals surface area contributed by atoms with Gasteiger partial charge in [0.2, 0.25) is 0 Å². The van der Waals surface area contributed by atoms with Gasteiger partial charge in [-0.05, 0) is 18.2 Å². The fourth-order valence-electron chi connectivity index (χ4n) is 1.13. The number of fused-ring (bicyclic) bond motifs is 1. The Labute approximate surface area is 72.4 Å². The van der Waals surface area contributed by atoms with Crippen molar-refractivity contribution in [1.29, 1.82) is 0 Å². The average molecular weight is 181 g/mol. The highest BCUT2D eigenvalue weighted by Gasteiger charge is 2.07. The maximum absolute atomic E-state index is 13.1. The lowest BCUT2D eigenvalue weighted by Crippen LogP contribution is -1.95. The molecule has 0 saturated heterocycles. The van der Waals surface area contributed by atoms with E-state index in [1.165, 1.54) is 6.07 Å². The van der Waals surface area contributed by atoms with Crippen LogP contribution in [0.4, 0.5) is 8.78 Å². The van der Waals surface area contributed by atoms with Gasteiger partial charge >= 0.3 is 0 Å². The zero-order valence-electron chi connectivity index (χ0n) is 6.75. The van der Waals surface area contributed by atoms with Crippen LogP contribution in [0.2, 0.25) is 0 Å². The molecule has 2 aromatic rings. The Balaban J connectivity index is 2.94. The minimum atomic E-state index is -0.715. The summed E-state index contributed by atoms with van der Waals surface area (Å²) in [5, 5.41) is 10.8. The van der Waals surface area contributed by atoms with Crippen molar-refractivity contribution in [3.8, 4) is 0 Å². The maximum Gasteiger partial charge on any atom is 0.154 e. The van der Waals surface area contributed by atoms with Crippen molar-refractivity contribution in [3.63, 3.8) is 0 Å². The van der Waals surface area contributed by atoms with Gasteiger partial charge in [-0.2, -0.15) is 0 Å². The van der Waals surface area contributed by atoms with Gasteiger partial charge in [-0.15, -0.1) is 10.2 Å². The molecule has 1 aromatic carbocycles. The number of hydrogen-bond acceptors (Lipinski definition) is 3. The fourth-order valence-corrected chi connectivity index (χ4v) is 1.13. The van der Waals surface area contributed by atoms with Crippen molar-refractivity contribution >= 4 is 10.9 Å². The van der Waals surface area contributed by atoms with Crippen molar-refractivity contribution in [2.24, 2.45) is 0 Å². The van der Waals surface area contributed by atoms with E-state index in [0.29, 0.717) is 11.1 Å². The largest absolute Gasteiger partial charge is 0.207 e. The Morgan fingerprint density at radius 1 is 1.15 bits per heavy atom. The molecule has 0 bridgehead atoms. The highest BCUT2D eigenvalue weighted by molar-refractivity contribution is 5.80. The van der Waals surface area contributed by atoms with E-state index < -0.39 is 11.6 Å². The zero-order valence-corrected chi connectivity index (χ0v) is 6.75. The molecule has 0 aliphatic heterocycles. The van der Waals surface area contributed by atoms with E-state index in [4.69, 9.17) is 0 Å². The van der Waals surface area contributed by atoms with Gasteiger partial charge in [-0.3, -0.25) is 0 Å². The summed E-state index contributed by atoms with van der Waals surface area (Å²) in [5.74, 6) is -1.35. The predicted molar refractivity (Wildman–Crippen MR) is 42.0 cm³/mol. The molecule has 66 valence electrons. The number of aryl methyl sites for hydroxylation is 1. The van der Waals surface area contributed by atoms with Crippen LogP contribution in [0.15, 0.2) is 12.1 Å². The van der Waals surface area contributed by atoms with Gasteiger partial charge in [0.25, 0.3) is 0 Å². The zero-order chi connectivity index (χ0) is 9.42. The van der Waals surface area contributed by atoms with E-state index in [-0.39, 0.29) is 5.52 Å². The van der Waals surface area contributed by atoms with Crippen LogP contribution in [0.5, 0.6) is 0 Å². The van der Waals surface area contributed by atoms with Crippen molar-refractivity contribution in [2.45, 2.75) is 6.92 Å². The van der Waals surface area contributed by atoms with Gasteiger partial charge in [0.15, 0.2) is 5.82 Å². The van der Waals surface area contributed by atoms with Gasteiger partial charge in [-0.1, -0.05) is 0 Å². The highest BCUT2D eigenvalue weighted by Crippen LogP contribution is 2.17. The molecule has 0 amide bonds. The van der Waals surface area contributed by atoms with Gasteiger partial charge in [0.05, 0.1) is 5.69 Å². The standard InChI is InChI=1S/C8H5F2N3/c1-4-6-2-5(9)3-7(10)8(6)12-13-11-4/h2-3H,1H3. The van der Waals surface area contributed by atoms with Crippen molar-refractivity contribution in [1.82, 2.24) is 15.4 Å². The summed E-state index contributed by atoms with van der Waals surface area (Å²) in [6.07, 6.45) is 0. The molecule has 0 fully saturated rings. The summed E-state index contributed by atoms with van der Waals surface area (Å²) in [7, 11) is 0. The van der Waals surface area contributed by atoms with E-state index in [1.54, 1.807) is 6.92 Å². The molecule has 0 aliphatic rings. The Morgan fingerprint density at radius 3 is 2.69 bits per heavy atom. The fraction of sp³-hybridized carbons (Fsp3) is 0.125. The molecule has 0 spiro atoms. The van der Waals surface area contributed by atoms with Crippen LogP contribution in [0, 0.1) is 18.6 Å². The van der Waals surface area contributed by atoms with E-state index in [9.17, 15) is 8.78 Å². The smallest absolute Gasteiger partial charge is 0.154 e. The summed E-state index contributed by atoms with van der Waals surface area (Å²) in [5.41, 5.74) is 0.511. The van der Waals surface area contributed by atoms with Crippen molar-refractivity contribution in [3.05, 3.63) is 29.5 Å². The first kappa shape index (κ1) is 7.97. The Bertz CT molecular complexity index is 470. The van der Waals surface area contributed by atoms with Crippen LogP contribution < -0.4 is 0 Å². The molecule has 1 aromatic heterocycles. The quantitative estimate of drug-likeness (QED) is 0.619. The van der Waals surface area contributed by atoms with Crippen LogP contribution in [0.25, 0.3) is 10.9 Å². The Hall–Kier alpha value is -1.65. The molecule has 1 heterocycles. The number of halogens is 2. The van der Waals surface area contributed by atoms with Gasteiger partial charge in [0, 0.05) is 11.5 Å². The van der Waals surface area contributed by atoms with E-state index in [2.05, 4.69) is 15.4 Å². The van der Waals surface area contributed by atoms with Gasteiger partial charge in [0.1, 0.15) is 11.3 Å². The number of aromatic nitrogens is 3. The average Bonchev–Trinajstić information content (AvgIpc) is 2.07. The second-order valence-electron chi connectivity index (χ2n) is 2.66. The van der Waals surface area contributed by atoms with Gasteiger partial charge < -0.3 is 0 Å². The minimum Gasteiger partial charge on any atom is -0.207 e. The number of hydrogen-bond donors (Lipinski definition) is 0. The predicted octanol–water partition coefficient (Wildman–Crippen LogP) is 1.61. The molecule has 0 aliphatic carbocycles. The molecule has 3 nitrogen and oxygen atoms in total. The summed E-state index contributed by atoms with van der Waals surface area (Å²) in [6.45, 7) is 1.62. The molecule has 2 rings (SSSR count). The summed E-state index contributed by atoms with van der Waals surface area (Å²) in [4.78, 5) is 0. The topological polar surface area (TPSA) is 38.7 Å². The first-order valence-electron chi connectivity index (χ1n) is 3.63. The lowest BCUT2D eigenvalue weighted by Gasteiger charge is -1.99. The Morgan fingerprint density at radius 2 is 1.92 bits per heavy atom. The molecular formula is C8H5F2N3. The van der Waals surface area contributed by atoms with Crippen LogP contribution in [0.3, 0.4) is 0 Å². The molecule has 0 saturated carbocycles. The van der Waals surface area contributed by atoms with E-state index in [1.807, 2.05) is 0 Å². The molecule has 0 unspecified atom stereocenters. The Kier molecular flexibility index (Phi) is 1.65. The first-order valence-corrected chi connectivity index (χ1v) is 3.63. The summed E-state index contributed by atoms with van der Waals surface area (Å²) in [6, 6.07) is 1.96. The van der Waals surface area contributed by atoms with Crippen LogP contribution in [0.1, 0.15) is 5.69 Å².